The highest BCUT2D eigenvalue weighted by molar-refractivity contribution is 7.47. The molecule has 0 bridgehead atoms. The number of phosphoric ester groups is 1. The molecule has 0 aromatic carbocycles. The molecule has 15 heteroatoms. The second kappa shape index (κ2) is 35.4. The molecule has 366 valence electrons. The van der Waals surface area contributed by atoms with Gasteiger partial charge in [0.05, 0.1) is 18.8 Å². The monoisotopic (exact) mass is 925 g/mol. The van der Waals surface area contributed by atoms with Crippen molar-refractivity contribution < 1.29 is 67.8 Å². The summed E-state index contributed by atoms with van der Waals surface area (Å²) in [5.74, 6) is -1.17. The normalized spacial score (nSPS) is 25.4. The van der Waals surface area contributed by atoms with Crippen molar-refractivity contribution in [3.05, 3.63) is 72.9 Å². The lowest BCUT2D eigenvalue weighted by Crippen LogP contribution is -2.64. The number of carbonyl (C=O) groups is 2. The van der Waals surface area contributed by atoms with Crippen molar-refractivity contribution in [2.24, 2.45) is 0 Å². The largest absolute Gasteiger partial charge is 0.472 e. The van der Waals surface area contributed by atoms with Crippen LogP contribution >= 0.6 is 7.82 Å². The molecule has 2 aliphatic rings. The summed E-state index contributed by atoms with van der Waals surface area (Å²) in [6, 6.07) is 0. The van der Waals surface area contributed by atoms with E-state index >= 15 is 0 Å². The minimum Gasteiger partial charge on any atom is -0.462 e. The number of aliphatic hydroxyl groups excluding tert-OH is 5. The maximum Gasteiger partial charge on any atom is 0.472 e. The van der Waals surface area contributed by atoms with Gasteiger partial charge in [0.15, 0.2) is 6.10 Å². The van der Waals surface area contributed by atoms with E-state index < -0.39 is 75.7 Å². The number of unbranched alkanes of at least 4 members (excludes halogenated alkanes) is 10. The van der Waals surface area contributed by atoms with Gasteiger partial charge in [-0.2, -0.15) is 0 Å². The zero-order chi connectivity index (χ0) is 46.8. The van der Waals surface area contributed by atoms with Crippen molar-refractivity contribution in [1.82, 2.24) is 0 Å². The van der Waals surface area contributed by atoms with Crippen molar-refractivity contribution >= 4 is 19.8 Å². The van der Waals surface area contributed by atoms with Crippen LogP contribution < -0.4 is 0 Å². The molecule has 2 rings (SSSR count). The summed E-state index contributed by atoms with van der Waals surface area (Å²) in [7, 11) is -5.14. The van der Waals surface area contributed by atoms with Gasteiger partial charge in [0, 0.05) is 12.8 Å². The molecule has 0 radical (unpaired) electrons. The number of esters is 2. The molecular weight excluding hydrogens is 843 g/mol. The predicted molar refractivity (Wildman–Crippen MR) is 248 cm³/mol. The van der Waals surface area contributed by atoms with E-state index in [4.69, 9.17) is 23.3 Å². The van der Waals surface area contributed by atoms with Crippen LogP contribution in [0.15, 0.2) is 72.9 Å². The maximum atomic E-state index is 12.8. The van der Waals surface area contributed by atoms with E-state index in [1.807, 2.05) is 0 Å². The SMILES string of the molecule is CC/C=C\C/C=C\C/C=C\C/C=C\C/C=C\CCCCCC(=O)OC[C@H](COP(=O)(O)OC1[C@H](O)[C@H](O)C(O)[C@H](O)[C@H]1O)OC(=O)CCCCCCC/C=C\CC1OC1CCCCC. The van der Waals surface area contributed by atoms with Gasteiger partial charge in [0.1, 0.15) is 43.2 Å². The first-order chi connectivity index (χ1) is 30.9. The number of epoxide rings is 1. The van der Waals surface area contributed by atoms with E-state index in [2.05, 4.69) is 86.8 Å². The molecule has 14 nitrogen and oxygen atoms in total. The summed E-state index contributed by atoms with van der Waals surface area (Å²) in [5.41, 5.74) is 0. The Hall–Kier alpha value is -2.75. The number of hydrogen-bond donors (Lipinski definition) is 6. The van der Waals surface area contributed by atoms with E-state index in [0.29, 0.717) is 25.0 Å². The number of carbonyl (C=O) groups excluding carboxylic acids is 2. The van der Waals surface area contributed by atoms with Gasteiger partial charge in [-0.1, -0.05) is 132 Å². The number of allylic oxidation sites excluding steroid dienone is 11. The molecule has 1 saturated heterocycles. The molecule has 10 atom stereocenters. The number of aliphatic hydroxyl groups is 5. The van der Waals surface area contributed by atoms with Gasteiger partial charge < -0.3 is 44.6 Å². The average Bonchev–Trinajstić information content (AvgIpc) is 4.03. The van der Waals surface area contributed by atoms with Crippen LogP contribution in [0.25, 0.3) is 0 Å². The van der Waals surface area contributed by atoms with Crippen LogP contribution in [0.3, 0.4) is 0 Å². The number of ether oxygens (including phenoxy) is 3. The molecule has 2 fully saturated rings. The predicted octanol–water partition coefficient (Wildman–Crippen LogP) is 8.49. The molecule has 6 N–H and O–H groups in total. The van der Waals surface area contributed by atoms with Crippen molar-refractivity contribution in [3.8, 4) is 0 Å². The molecule has 1 aliphatic carbocycles. The molecule has 0 amide bonds. The van der Waals surface area contributed by atoms with Gasteiger partial charge in [-0.15, -0.1) is 0 Å². The summed E-state index contributed by atoms with van der Waals surface area (Å²) in [4.78, 5) is 35.8. The quantitative estimate of drug-likeness (QED) is 0.0113. The minimum absolute atomic E-state index is 0.0644. The fraction of sp³-hybridized carbons (Fsp3) is 0.714. The first-order valence-electron chi connectivity index (χ1n) is 23.9. The highest BCUT2D eigenvalue weighted by atomic mass is 31.2. The summed E-state index contributed by atoms with van der Waals surface area (Å²) in [5, 5.41) is 50.2. The van der Waals surface area contributed by atoms with Crippen LogP contribution in [0.4, 0.5) is 0 Å². The van der Waals surface area contributed by atoms with Crippen molar-refractivity contribution in [1.29, 1.82) is 0 Å². The molecule has 0 aromatic rings. The molecular formula is C49H81O14P. The molecule has 1 aliphatic heterocycles. The molecule has 64 heavy (non-hydrogen) atoms. The van der Waals surface area contributed by atoms with Gasteiger partial charge in [-0.3, -0.25) is 18.6 Å². The van der Waals surface area contributed by atoms with Gasteiger partial charge in [-0.05, 0) is 83.5 Å². The minimum atomic E-state index is -5.14. The molecule has 0 aromatic heterocycles. The Morgan fingerprint density at radius 3 is 1.67 bits per heavy atom. The summed E-state index contributed by atoms with van der Waals surface area (Å²) in [6.07, 6.45) is 32.6. The van der Waals surface area contributed by atoms with E-state index in [0.717, 1.165) is 96.3 Å². The van der Waals surface area contributed by atoms with E-state index in [-0.39, 0.29) is 12.8 Å². The third-order valence-corrected chi connectivity index (χ3v) is 11.9. The van der Waals surface area contributed by atoms with Crippen LogP contribution in [-0.4, -0.2) is 111 Å². The maximum absolute atomic E-state index is 12.8. The highest BCUT2D eigenvalue weighted by Crippen LogP contribution is 2.47. The Bertz CT molecular complexity index is 1460. The topological polar surface area (TPSA) is 222 Å². The Balaban J connectivity index is 1.71. The lowest BCUT2D eigenvalue weighted by atomic mass is 9.85. The van der Waals surface area contributed by atoms with Gasteiger partial charge in [-0.25, -0.2) is 4.57 Å². The Kier molecular flexibility index (Phi) is 31.8. The van der Waals surface area contributed by atoms with E-state index in [1.165, 1.54) is 19.3 Å². The summed E-state index contributed by atoms with van der Waals surface area (Å²) < 4.78 is 39.3. The number of phosphoric acid groups is 1. The van der Waals surface area contributed by atoms with Crippen LogP contribution in [-0.2, 0) is 37.4 Å². The molecule has 1 saturated carbocycles. The summed E-state index contributed by atoms with van der Waals surface area (Å²) >= 11 is 0. The lowest BCUT2D eigenvalue weighted by molar-refractivity contribution is -0.220. The Labute approximate surface area is 382 Å². The van der Waals surface area contributed by atoms with Gasteiger partial charge in [0.25, 0.3) is 0 Å². The van der Waals surface area contributed by atoms with Gasteiger partial charge in [0.2, 0.25) is 0 Å². The average molecular weight is 925 g/mol. The Morgan fingerprint density at radius 1 is 0.578 bits per heavy atom. The third-order valence-electron chi connectivity index (χ3n) is 11.0. The number of hydrogen-bond acceptors (Lipinski definition) is 13. The fourth-order valence-corrected chi connectivity index (χ4v) is 8.00. The molecule has 1 heterocycles. The van der Waals surface area contributed by atoms with E-state index in [9.17, 15) is 44.6 Å². The van der Waals surface area contributed by atoms with Crippen LogP contribution in [0.1, 0.15) is 155 Å². The summed E-state index contributed by atoms with van der Waals surface area (Å²) in [6.45, 7) is 3.10. The molecule has 5 unspecified atom stereocenters. The second-order valence-electron chi connectivity index (χ2n) is 16.6. The third kappa shape index (κ3) is 27.0. The van der Waals surface area contributed by atoms with Crippen molar-refractivity contribution in [3.63, 3.8) is 0 Å². The lowest BCUT2D eigenvalue weighted by Gasteiger charge is -2.41. The highest BCUT2D eigenvalue weighted by Gasteiger charge is 2.51. The second-order valence-corrected chi connectivity index (χ2v) is 18.0. The van der Waals surface area contributed by atoms with Crippen molar-refractivity contribution in [2.45, 2.75) is 210 Å². The smallest absolute Gasteiger partial charge is 0.462 e. The van der Waals surface area contributed by atoms with Crippen molar-refractivity contribution in [2.75, 3.05) is 13.2 Å². The van der Waals surface area contributed by atoms with Crippen LogP contribution in [0.5, 0.6) is 0 Å². The first-order valence-corrected chi connectivity index (χ1v) is 25.4. The molecule has 0 spiro atoms. The number of rotatable bonds is 37. The van der Waals surface area contributed by atoms with Gasteiger partial charge >= 0.3 is 19.8 Å². The zero-order valence-corrected chi connectivity index (χ0v) is 39.4. The van der Waals surface area contributed by atoms with Crippen LogP contribution in [0, 0.1) is 0 Å². The Morgan fingerprint density at radius 2 is 1.08 bits per heavy atom. The first kappa shape index (κ1) is 57.4. The van der Waals surface area contributed by atoms with Crippen LogP contribution in [0.2, 0.25) is 0 Å². The van der Waals surface area contributed by atoms with E-state index in [1.54, 1.807) is 0 Å². The fourth-order valence-electron chi connectivity index (χ4n) is 7.02. The standard InChI is InChI=1S/C49H81O14P/c1-3-5-7-8-9-10-11-12-13-14-15-16-17-18-19-20-24-27-31-35-42(50)59-37-39(38-60-64(57,58)63-49-47(55)45(53)44(52)46(54)48(49)56)61-43(51)36-32-28-25-22-21-23-26-30-34-41-40(62-41)33-29-6-4-2/h5,7,9-10,12-13,15-16,18-19,26,30,39-41,44-49,52-56H,3-4,6,8,11,14,17,20-25,27-29,31-38H2,1-2H3,(H,57,58)/b7-5-,10-9-,13-12-,16-15-,19-18-,30-26-/t39-,40?,41?,44?,45-,46+,47-,48-,49?/m1/s1. The zero-order valence-electron chi connectivity index (χ0n) is 38.5.